The molecule has 0 unspecified atom stereocenters. The first-order valence-corrected chi connectivity index (χ1v) is 17.0. The summed E-state index contributed by atoms with van der Waals surface area (Å²) in [6.07, 6.45) is 1.44. The molecular formula is C34H26ClN5O4S2. The second-order valence-electron chi connectivity index (χ2n) is 10.2. The van der Waals surface area contributed by atoms with Crippen molar-refractivity contribution >= 4 is 78.4 Å². The first-order chi connectivity index (χ1) is 22.1. The molecule has 1 amide bonds. The van der Waals surface area contributed by atoms with Crippen LogP contribution in [0.3, 0.4) is 0 Å². The van der Waals surface area contributed by atoms with Gasteiger partial charge in [0.15, 0.2) is 5.13 Å². The molecule has 1 N–H and O–H groups in total. The van der Waals surface area contributed by atoms with Gasteiger partial charge in [-0.2, -0.15) is 0 Å². The fourth-order valence-corrected chi connectivity index (χ4v) is 7.31. The lowest BCUT2D eigenvalue weighted by Crippen LogP contribution is -2.32. The molecule has 12 heteroatoms. The number of nitrogens with one attached hydrogen (secondary N) is 1. The predicted molar refractivity (Wildman–Crippen MR) is 191 cm³/mol. The fraction of sp³-hybridized carbons (Fsp3) is 0.0294. The Morgan fingerprint density at radius 3 is 2.41 bits per heavy atom. The number of nitro groups is 1. The number of carbonyl (C=O) groups is 1. The van der Waals surface area contributed by atoms with Crippen molar-refractivity contribution in [2.45, 2.75) is 4.90 Å². The van der Waals surface area contributed by atoms with Crippen molar-refractivity contribution in [1.29, 1.82) is 0 Å². The number of thiazole rings is 1. The van der Waals surface area contributed by atoms with E-state index in [9.17, 15) is 14.9 Å². The normalized spacial score (nSPS) is 14.0. The Kier molecular flexibility index (Phi) is 8.46. The Labute approximate surface area is 274 Å². The number of ether oxygens (including phenoxy) is 1. The molecule has 1 aliphatic rings. The highest BCUT2D eigenvalue weighted by molar-refractivity contribution is 8.28. The molecule has 0 saturated heterocycles. The number of hydrogen-bond donors (Lipinski definition) is 1. The van der Waals surface area contributed by atoms with Crippen LogP contribution in [-0.4, -0.2) is 40.5 Å². The van der Waals surface area contributed by atoms with Gasteiger partial charge in [-0.25, -0.2) is 14.9 Å². The van der Waals surface area contributed by atoms with E-state index in [2.05, 4.69) is 21.5 Å². The molecule has 0 radical (unpaired) electrons. The highest BCUT2D eigenvalue weighted by Crippen LogP contribution is 2.38. The molecule has 1 aromatic heterocycles. The number of amides is 1. The Morgan fingerprint density at radius 1 is 1.00 bits per heavy atom. The van der Waals surface area contributed by atoms with Crippen molar-refractivity contribution in [2.75, 3.05) is 16.7 Å². The molecule has 46 heavy (non-hydrogen) atoms. The van der Waals surface area contributed by atoms with Crippen LogP contribution in [-0.2, 0) is 4.79 Å². The van der Waals surface area contributed by atoms with Crippen LogP contribution in [0.2, 0.25) is 5.02 Å². The predicted octanol–water partition coefficient (Wildman–Crippen LogP) is 8.27. The number of carbonyl (C=O) groups excluding carboxylic acids is 1. The van der Waals surface area contributed by atoms with Crippen molar-refractivity contribution in [2.24, 2.45) is 4.99 Å². The lowest BCUT2D eigenvalue weighted by Gasteiger charge is -2.19. The molecule has 6 rings (SSSR count). The number of aliphatic imine (C=N–C) groups is 1. The van der Waals surface area contributed by atoms with Crippen LogP contribution in [0.1, 0.15) is 11.1 Å². The number of nitrogens with zero attached hydrogens (tertiary/aromatic N) is 4. The van der Waals surface area contributed by atoms with Crippen LogP contribution in [0, 0.1) is 10.1 Å². The quantitative estimate of drug-likeness (QED) is 0.0733. The number of hydrogen-bond acceptors (Lipinski definition) is 8. The van der Waals surface area contributed by atoms with Crippen LogP contribution in [0.15, 0.2) is 118 Å². The lowest BCUT2D eigenvalue weighted by atomic mass is 10.1. The zero-order valence-electron chi connectivity index (χ0n) is 24.4. The van der Waals surface area contributed by atoms with Crippen molar-refractivity contribution in [3.05, 3.63) is 134 Å². The molecule has 0 atom stereocenters. The summed E-state index contributed by atoms with van der Waals surface area (Å²) < 4.78 is 8.67. The number of aromatic nitrogens is 1. The number of nitro benzene ring substituents is 1. The highest BCUT2D eigenvalue weighted by Gasteiger charge is 2.35. The van der Waals surface area contributed by atoms with Crippen molar-refractivity contribution in [3.63, 3.8) is 0 Å². The van der Waals surface area contributed by atoms with E-state index in [0.29, 0.717) is 33.0 Å². The molecule has 0 bridgehead atoms. The Balaban J connectivity index is 1.28. The highest BCUT2D eigenvalue weighted by atomic mass is 35.5. The summed E-state index contributed by atoms with van der Waals surface area (Å²) in [7, 11) is -0.358. The van der Waals surface area contributed by atoms with E-state index >= 15 is 0 Å². The summed E-state index contributed by atoms with van der Waals surface area (Å²) in [6.45, 7) is 0. The smallest absolute Gasteiger partial charge is 0.284 e. The Hall–Kier alpha value is -5.23. The van der Waals surface area contributed by atoms with Gasteiger partial charge in [-0.3, -0.25) is 14.9 Å². The minimum absolute atomic E-state index is 0.0748. The van der Waals surface area contributed by atoms with Crippen LogP contribution >= 0.6 is 32.3 Å². The van der Waals surface area contributed by atoms with E-state index in [4.69, 9.17) is 21.3 Å². The summed E-state index contributed by atoms with van der Waals surface area (Å²) in [4.78, 5) is 36.6. The monoisotopic (exact) mass is 667 g/mol. The average Bonchev–Trinajstić information content (AvgIpc) is 3.66. The third-order valence-corrected chi connectivity index (χ3v) is 9.97. The minimum atomic E-state index is -1.92. The van der Waals surface area contributed by atoms with E-state index in [1.165, 1.54) is 28.4 Å². The van der Waals surface area contributed by atoms with Crippen LogP contribution < -0.4 is 14.4 Å². The zero-order chi connectivity index (χ0) is 32.4. The first kappa shape index (κ1) is 30.8. The van der Waals surface area contributed by atoms with Gasteiger partial charge >= 0.3 is 0 Å². The van der Waals surface area contributed by atoms with Crippen LogP contribution in [0.4, 0.5) is 16.5 Å². The zero-order valence-corrected chi connectivity index (χ0v) is 26.8. The maximum atomic E-state index is 13.8. The van der Waals surface area contributed by atoms with E-state index in [1.807, 2.05) is 72.1 Å². The number of amidine groups is 1. The Morgan fingerprint density at radius 2 is 1.72 bits per heavy atom. The van der Waals surface area contributed by atoms with Gasteiger partial charge < -0.3 is 9.46 Å². The fourth-order valence-electron chi connectivity index (χ4n) is 4.78. The molecule has 230 valence electrons. The van der Waals surface area contributed by atoms with Gasteiger partial charge in [0.05, 0.1) is 28.3 Å². The molecule has 0 spiro atoms. The summed E-state index contributed by atoms with van der Waals surface area (Å²) in [5.41, 5.74) is 3.29. The SMILES string of the molecule is C=S(=C)(Nc1ccc(-c2csc(N3C(=O)/C(=C/c4ccccc4[N+](=O)[O-])N=C3c3ccccc3)n2)cc1)c1ccc(OC)c(Cl)c1. The average molecular weight is 668 g/mol. The molecule has 0 aliphatic carbocycles. The minimum Gasteiger partial charge on any atom is -0.495 e. The van der Waals surface area contributed by atoms with Gasteiger partial charge in [-0.15, -0.1) is 20.7 Å². The van der Waals surface area contributed by atoms with Crippen molar-refractivity contribution < 1.29 is 14.5 Å². The molecule has 9 nitrogen and oxygen atoms in total. The number of methoxy groups -OCH3 is 1. The van der Waals surface area contributed by atoms with Gasteiger partial charge in [0.25, 0.3) is 11.6 Å². The summed E-state index contributed by atoms with van der Waals surface area (Å²) in [5, 5.41) is 14.4. The maximum Gasteiger partial charge on any atom is 0.284 e. The second-order valence-corrected chi connectivity index (χ2v) is 13.8. The third kappa shape index (κ3) is 6.16. The van der Waals surface area contributed by atoms with Gasteiger partial charge in [0, 0.05) is 33.2 Å². The summed E-state index contributed by atoms with van der Waals surface area (Å²) in [5.74, 6) is 9.16. The summed E-state index contributed by atoms with van der Waals surface area (Å²) in [6, 6.07) is 28.7. The molecule has 0 saturated carbocycles. The van der Waals surface area contributed by atoms with E-state index < -0.39 is 20.2 Å². The topological polar surface area (TPSA) is 110 Å². The number of halogens is 1. The standard InChI is InChI=1S/C34H26ClN5O4S2/c1-44-31-18-17-26(20-27(31)35)46(2,3)38-25-15-13-22(14-16-25)29-21-45-34(37-29)39-32(23-9-5-4-6-10-23)36-28(33(39)41)19-24-11-7-8-12-30(24)40(42)43/h4-21,38H,2-3H2,1H3/b28-19-. The molecule has 1 aliphatic heterocycles. The molecule has 0 fully saturated rings. The van der Waals surface area contributed by atoms with Crippen molar-refractivity contribution in [1.82, 2.24) is 4.98 Å². The molecule has 5 aromatic rings. The third-order valence-electron chi connectivity index (χ3n) is 7.07. The van der Waals surface area contributed by atoms with Crippen LogP contribution in [0.5, 0.6) is 5.75 Å². The maximum absolute atomic E-state index is 13.8. The van der Waals surface area contributed by atoms with E-state index in [-0.39, 0.29) is 16.9 Å². The van der Waals surface area contributed by atoms with Crippen molar-refractivity contribution in [3.8, 4) is 17.0 Å². The van der Waals surface area contributed by atoms with Gasteiger partial charge in [0.1, 0.15) is 17.3 Å². The largest absolute Gasteiger partial charge is 0.495 e. The number of rotatable bonds is 9. The van der Waals surface area contributed by atoms with Gasteiger partial charge in [-0.05, 0) is 42.5 Å². The van der Waals surface area contributed by atoms with Gasteiger partial charge in [0.2, 0.25) is 0 Å². The number of anilines is 2. The summed E-state index contributed by atoms with van der Waals surface area (Å²) >= 11 is 7.63. The van der Waals surface area contributed by atoms with E-state index in [1.54, 1.807) is 31.4 Å². The number of para-hydroxylation sites is 1. The van der Waals surface area contributed by atoms with Gasteiger partial charge in [-0.1, -0.05) is 77.9 Å². The number of benzene rings is 4. The van der Waals surface area contributed by atoms with Crippen LogP contribution in [0.25, 0.3) is 17.3 Å². The van der Waals surface area contributed by atoms with E-state index in [0.717, 1.165) is 16.1 Å². The molecule has 4 aromatic carbocycles. The Bertz CT molecular complexity index is 2140. The molecular weight excluding hydrogens is 642 g/mol. The first-order valence-electron chi connectivity index (χ1n) is 13.7. The molecule has 2 heterocycles. The lowest BCUT2D eigenvalue weighted by molar-refractivity contribution is -0.385. The second kappa shape index (κ2) is 12.6.